The van der Waals surface area contributed by atoms with Crippen LogP contribution < -0.4 is 27.8 Å². The van der Waals surface area contributed by atoms with E-state index < -0.39 is 11.6 Å². The molecule has 6 heteroatoms. The van der Waals surface area contributed by atoms with Gasteiger partial charge in [0.25, 0.3) is 0 Å². The van der Waals surface area contributed by atoms with Crippen LogP contribution in [0.4, 0.5) is 0 Å². The molecule has 0 aliphatic carbocycles. The predicted octanol–water partition coefficient (Wildman–Crippen LogP) is -2.24. The molecule has 0 aromatic rings. The molecule has 1 aliphatic heterocycles. The van der Waals surface area contributed by atoms with Gasteiger partial charge in [0.05, 0.1) is 0 Å². The zero-order chi connectivity index (χ0) is 8.70. The second-order valence-corrected chi connectivity index (χ2v) is 3.10. The van der Waals surface area contributed by atoms with Crippen LogP contribution in [0.25, 0.3) is 0 Å². The van der Waals surface area contributed by atoms with Crippen molar-refractivity contribution < 1.29 is 0 Å². The van der Waals surface area contributed by atoms with Gasteiger partial charge in [0.1, 0.15) is 5.79 Å². The number of nitrogens with zero attached hydrogens (tertiary/aromatic N) is 1. The predicted molar refractivity (Wildman–Crippen MR) is 43.1 cm³/mol. The summed E-state index contributed by atoms with van der Waals surface area (Å²) in [6.07, 6.45) is 0. The molecule has 1 heterocycles. The second kappa shape index (κ2) is 2.07. The van der Waals surface area contributed by atoms with E-state index in [2.05, 4.69) is 15.6 Å². The van der Waals surface area contributed by atoms with Crippen LogP contribution in [0, 0.1) is 0 Å². The third kappa shape index (κ3) is 2.04. The lowest BCUT2D eigenvalue weighted by Gasteiger charge is -2.39. The summed E-state index contributed by atoms with van der Waals surface area (Å²) >= 11 is 0. The Morgan fingerprint density at radius 2 is 1.91 bits per heavy atom. The van der Waals surface area contributed by atoms with Gasteiger partial charge in [-0.2, -0.15) is 0 Å². The number of hydrogen-bond donors (Lipinski definition) is 5. The maximum atomic E-state index is 5.68. The molecule has 2 atom stereocenters. The van der Waals surface area contributed by atoms with Crippen LogP contribution >= 0.6 is 0 Å². The Kier molecular flexibility index (Phi) is 1.55. The van der Waals surface area contributed by atoms with Crippen LogP contribution in [0.2, 0.25) is 0 Å². The van der Waals surface area contributed by atoms with E-state index >= 15 is 0 Å². The van der Waals surface area contributed by atoms with E-state index in [0.717, 1.165) is 0 Å². The number of hydrogen-bond acceptors (Lipinski definition) is 6. The lowest BCUT2D eigenvalue weighted by atomic mass is 10.3. The first-order chi connectivity index (χ1) is 4.81. The van der Waals surface area contributed by atoms with Crippen molar-refractivity contribution in [2.45, 2.75) is 25.4 Å². The Morgan fingerprint density at radius 3 is 2.27 bits per heavy atom. The summed E-state index contributed by atoms with van der Waals surface area (Å²) in [5, 5.41) is 5.56. The van der Waals surface area contributed by atoms with Crippen LogP contribution in [-0.4, -0.2) is 17.5 Å². The van der Waals surface area contributed by atoms with Gasteiger partial charge in [0.2, 0.25) is 0 Å². The molecule has 6 nitrogen and oxygen atoms in total. The maximum Gasteiger partial charge on any atom is 0.194 e. The Labute approximate surface area is 65.2 Å². The average molecular weight is 158 g/mol. The van der Waals surface area contributed by atoms with E-state index in [4.69, 9.17) is 17.2 Å². The van der Waals surface area contributed by atoms with Gasteiger partial charge in [-0.15, -0.1) is 0 Å². The number of guanidine groups is 1. The quantitative estimate of drug-likeness (QED) is 0.273. The Bertz CT molecular complexity index is 193. The van der Waals surface area contributed by atoms with Gasteiger partial charge < -0.3 is 11.1 Å². The van der Waals surface area contributed by atoms with Crippen molar-refractivity contribution in [3.8, 4) is 0 Å². The molecule has 64 valence electrons. The summed E-state index contributed by atoms with van der Waals surface area (Å²) in [6, 6.07) is 0. The molecule has 2 unspecified atom stereocenters. The zero-order valence-electron chi connectivity index (χ0n) is 6.68. The SMILES string of the molecule is CC1(N)N=C(N)NC(C)(N)N1. The molecule has 0 spiro atoms. The van der Waals surface area contributed by atoms with Gasteiger partial charge in [-0.25, -0.2) is 10.3 Å². The minimum Gasteiger partial charge on any atom is -0.370 e. The summed E-state index contributed by atoms with van der Waals surface area (Å²) in [5.41, 5.74) is 16.8. The molecule has 0 fully saturated rings. The van der Waals surface area contributed by atoms with Gasteiger partial charge in [-0.3, -0.25) is 11.5 Å². The van der Waals surface area contributed by atoms with E-state index in [0.29, 0.717) is 0 Å². The molecule has 11 heavy (non-hydrogen) atoms. The average Bonchev–Trinajstić information content (AvgIpc) is 1.49. The summed E-state index contributed by atoms with van der Waals surface area (Å²) in [7, 11) is 0. The van der Waals surface area contributed by atoms with Gasteiger partial charge in [-0.05, 0) is 13.8 Å². The topological polar surface area (TPSA) is 114 Å². The van der Waals surface area contributed by atoms with Gasteiger partial charge in [-0.1, -0.05) is 0 Å². The van der Waals surface area contributed by atoms with Crippen molar-refractivity contribution >= 4 is 5.96 Å². The number of nitrogens with two attached hydrogens (primary N) is 3. The number of aliphatic imine (C=N–C) groups is 1. The van der Waals surface area contributed by atoms with Crippen LogP contribution in [-0.2, 0) is 0 Å². The van der Waals surface area contributed by atoms with Crippen molar-refractivity contribution in [1.29, 1.82) is 0 Å². The largest absolute Gasteiger partial charge is 0.370 e. The van der Waals surface area contributed by atoms with Crippen molar-refractivity contribution in [3.63, 3.8) is 0 Å². The van der Waals surface area contributed by atoms with Crippen LogP contribution in [0.3, 0.4) is 0 Å². The molecule has 1 aliphatic rings. The third-order valence-electron chi connectivity index (χ3n) is 1.25. The van der Waals surface area contributed by atoms with E-state index in [-0.39, 0.29) is 5.96 Å². The molecule has 0 saturated carbocycles. The second-order valence-electron chi connectivity index (χ2n) is 3.10. The molecule has 0 bridgehead atoms. The summed E-state index contributed by atoms with van der Waals surface area (Å²) in [4.78, 5) is 3.88. The molecule has 0 radical (unpaired) electrons. The Balaban J connectivity index is 2.86. The number of nitrogens with one attached hydrogen (secondary N) is 2. The molecular formula is C5H14N6. The fraction of sp³-hybridized carbons (Fsp3) is 0.800. The first-order valence-corrected chi connectivity index (χ1v) is 3.31. The monoisotopic (exact) mass is 158 g/mol. The fourth-order valence-corrected chi connectivity index (χ4v) is 1.13. The normalized spacial score (nSPS) is 44.5. The highest BCUT2D eigenvalue weighted by atomic mass is 15.5. The fourth-order valence-electron chi connectivity index (χ4n) is 1.13. The molecular weight excluding hydrogens is 144 g/mol. The first-order valence-electron chi connectivity index (χ1n) is 3.31. The Hall–Kier alpha value is -0.850. The summed E-state index contributed by atoms with van der Waals surface area (Å²) in [6.45, 7) is 3.41. The third-order valence-corrected chi connectivity index (χ3v) is 1.25. The van der Waals surface area contributed by atoms with Crippen LogP contribution in [0.15, 0.2) is 4.99 Å². The van der Waals surface area contributed by atoms with Gasteiger partial charge >= 0.3 is 0 Å². The highest BCUT2D eigenvalue weighted by Crippen LogP contribution is 2.05. The van der Waals surface area contributed by atoms with Crippen molar-refractivity contribution in [2.75, 3.05) is 0 Å². The van der Waals surface area contributed by atoms with Gasteiger partial charge in [0.15, 0.2) is 11.7 Å². The molecule has 1 rings (SSSR count). The van der Waals surface area contributed by atoms with Crippen LogP contribution in [0.5, 0.6) is 0 Å². The zero-order valence-corrected chi connectivity index (χ0v) is 6.68. The standard InChI is InChI=1S/C5H14N6/c1-4(7)9-3(6)10-5(2,8)11-4/h11H,7-8H2,1-2H3,(H3,6,9,10). The lowest BCUT2D eigenvalue weighted by molar-refractivity contribution is 0.212. The maximum absolute atomic E-state index is 5.68. The molecule has 0 aromatic heterocycles. The minimum atomic E-state index is -0.890. The van der Waals surface area contributed by atoms with Crippen molar-refractivity contribution in [2.24, 2.45) is 22.2 Å². The van der Waals surface area contributed by atoms with Crippen LogP contribution in [0.1, 0.15) is 13.8 Å². The van der Waals surface area contributed by atoms with Crippen molar-refractivity contribution in [3.05, 3.63) is 0 Å². The lowest BCUT2D eigenvalue weighted by Crippen LogP contribution is -2.75. The molecule has 0 saturated heterocycles. The summed E-state index contributed by atoms with van der Waals surface area (Å²) in [5.74, 6) is -1.44. The molecule has 0 aromatic carbocycles. The molecule has 8 N–H and O–H groups in total. The van der Waals surface area contributed by atoms with Crippen molar-refractivity contribution in [1.82, 2.24) is 10.6 Å². The van der Waals surface area contributed by atoms with E-state index in [1.54, 1.807) is 13.8 Å². The minimum absolute atomic E-state index is 0.249. The smallest absolute Gasteiger partial charge is 0.194 e. The highest BCUT2D eigenvalue weighted by Gasteiger charge is 2.32. The first kappa shape index (κ1) is 8.25. The number of rotatable bonds is 0. The van der Waals surface area contributed by atoms with E-state index in [9.17, 15) is 0 Å². The highest BCUT2D eigenvalue weighted by molar-refractivity contribution is 5.79. The Morgan fingerprint density at radius 1 is 1.36 bits per heavy atom. The van der Waals surface area contributed by atoms with E-state index in [1.165, 1.54) is 0 Å². The summed E-state index contributed by atoms with van der Waals surface area (Å²) < 4.78 is 0. The van der Waals surface area contributed by atoms with E-state index in [1.807, 2.05) is 0 Å². The molecule has 0 amide bonds. The van der Waals surface area contributed by atoms with Gasteiger partial charge in [0, 0.05) is 0 Å².